The number of hydrogen-bond acceptors (Lipinski definition) is 2. The van der Waals surface area contributed by atoms with E-state index in [1.54, 1.807) is 12.4 Å². The van der Waals surface area contributed by atoms with Gasteiger partial charge in [-0.2, -0.15) is 0 Å². The minimum Gasteiger partial charge on any atom is -0.325 e. The van der Waals surface area contributed by atoms with Crippen molar-refractivity contribution in [1.29, 1.82) is 0 Å². The summed E-state index contributed by atoms with van der Waals surface area (Å²) in [6.07, 6.45) is 5.31. The van der Waals surface area contributed by atoms with Gasteiger partial charge >= 0.3 is 0 Å². The molecule has 1 N–H and O–H groups in total. The standard InChI is InChI=1S/C15H17Br3N2O/c1-13(2)14(11(17)18)5-6-15(13,10(14)16)12(21)20-9-3-7-19-8-4-9/h3-4,7-8,10-11H,5-6H2,1-2H3,(H,19,20,21)/t10-,14-,15-/m1/s1. The third-order valence-electron chi connectivity index (χ3n) is 5.83. The summed E-state index contributed by atoms with van der Waals surface area (Å²) in [7, 11) is 0. The molecule has 3 aliphatic carbocycles. The van der Waals surface area contributed by atoms with Crippen LogP contribution in [0.15, 0.2) is 24.5 Å². The Hall–Kier alpha value is 0.0600. The van der Waals surface area contributed by atoms with Crippen molar-refractivity contribution >= 4 is 59.4 Å². The molecule has 0 aliphatic heterocycles. The smallest absolute Gasteiger partial charge is 0.232 e. The van der Waals surface area contributed by atoms with Crippen LogP contribution in [0.4, 0.5) is 5.69 Å². The lowest BCUT2D eigenvalue weighted by atomic mass is 9.43. The number of rotatable bonds is 3. The number of nitrogens with one attached hydrogen (secondary N) is 1. The van der Waals surface area contributed by atoms with Gasteiger partial charge < -0.3 is 5.32 Å². The molecule has 4 rings (SSSR count). The molecule has 0 saturated heterocycles. The van der Waals surface area contributed by atoms with Crippen LogP contribution < -0.4 is 5.32 Å². The third-order valence-corrected chi connectivity index (χ3v) is 9.06. The molecule has 2 bridgehead atoms. The molecule has 3 fully saturated rings. The number of hydrogen-bond donors (Lipinski definition) is 1. The van der Waals surface area contributed by atoms with Gasteiger partial charge in [-0.25, -0.2) is 0 Å². The Morgan fingerprint density at radius 2 is 1.95 bits per heavy atom. The summed E-state index contributed by atoms with van der Waals surface area (Å²) in [6.45, 7) is 4.42. The maximum absolute atomic E-state index is 13.0. The highest BCUT2D eigenvalue weighted by atomic mass is 79.9. The molecular weight excluding hydrogens is 464 g/mol. The second-order valence-electron chi connectivity index (χ2n) is 6.49. The first-order chi connectivity index (χ1) is 9.80. The van der Waals surface area contributed by atoms with E-state index in [1.807, 2.05) is 12.1 Å². The molecule has 1 aromatic heterocycles. The van der Waals surface area contributed by atoms with Gasteiger partial charge in [0, 0.05) is 28.3 Å². The molecule has 0 aromatic carbocycles. The predicted octanol–water partition coefficient (Wildman–Crippen LogP) is 4.71. The maximum atomic E-state index is 13.0. The Morgan fingerprint density at radius 3 is 2.43 bits per heavy atom. The van der Waals surface area contributed by atoms with E-state index in [9.17, 15) is 4.79 Å². The van der Waals surface area contributed by atoms with Crippen molar-refractivity contribution in [2.24, 2.45) is 16.2 Å². The first kappa shape index (κ1) is 15.9. The van der Waals surface area contributed by atoms with Gasteiger partial charge in [0.15, 0.2) is 0 Å². The number of nitrogens with zero attached hydrogens (tertiary/aromatic N) is 1. The van der Waals surface area contributed by atoms with Crippen LogP contribution in [0.3, 0.4) is 0 Å². The van der Waals surface area contributed by atoms with Crippen molar-refractivity contribution < 1.29 is 4.79 Å². The molecule has 3 aliphatic rings. The molecule has 1 amide bonds. The van der Waals surface area contributed by atoms with E-state index in [4.69, 9.17) is 0 Å². The summed E-state index contributed by atoms with van der Waals surface area (Å²) in [5.41, 5.74) is 0.417. The van der Waals surface area contributed by atoms with Crippen LogP contribution in [0.1, 0.15) is 26.7 Å². The first-order valence-electron chi connectivity index (χ1n) is 6.94. The normalized spacial score (nSPS) is 36.4. The molecule has 6 heteroatoms. The minimum atomic E-state index is -0.365. The van der Waals surface area contributed by atoms with E-state index in [2.05, 4.69) is 71.9 Å². The monoisotopic (exact) mass is 478 g/mol. The van der Waals surface area contributed by atoms with Gasteiger partial charge in [0.1, 0.15) is 0 Å². The molecule has 3 atom stereocenters. The lowest BCUT2D eigenvalue weighted by Crippen LogP contribution is -2.71. The minimum absolute atomic E-state index is 0.0581. The molecule has 0 radical (unpaired) electrons. The lowest BCUT2D eigenvalue weighted by Gasteiger charge is -2.66. The Balaban J connectivity index is 1.91. The number of carbonyl (C=O) groups excluding carboxylic acids is 1. The van der Waals surface area contributed by atoms with E-state index in [-0.39, 0.29) is 30.7 Å². The number of carbonyl (C=O) groups is 1. The van der Waals surface area contributed by atoms with Crippen molar-refractivity contribution in [3.8, 4) is 0 Å². The molecule has 0 unspecified atom stereocenters. The third kappa shape index (κ3) is 1.75. The first-order valence-corrected chi connectivity index (χ1v) is 9.69. The summed E-state index contributed by atoms with van der Waals surface area (Å²) in [4.78, 5) is 17.1. The lowest BCUT2D eigenvalue weighted by molar-refractivity contribution is -0.155. The van der Waals surface area contributed by atoms with Crippen LogP contribution in [-0.2, 0) is 4.79 Å². The van der Waals surface area contributed by atoms with Crippen LogP contribution >= 0.6 is 47.8 Å². The van der Waals surface area contributed by atoms with Gasteiger partial charge in [-0.05, 0) is 30.4 Å². The molecule has 1 aromatic rings. The Kier molecular flexibility index (Phi) is 3.82. The fourth-order valence-electron chi connectivity index (χ4n) is 4.38. The van der Waals surface area contributed by atoms with Gasteiger partial charge in [-0.1, -0.05) is 61.6 Å². The number of amides is 1. The zero-order chi connectivity index (χ0) is 15.5. The molecule has 3 saturated carbocycles. The Morgan fingerprint density at radius 1 is 1.33 bits per heavy atom. The van der Waals surface area contributed by atoms with Crippen molar-refractivity contribution in [2.75, 3.05) is 5.32 Å². The Bertz CT molecular complexity index is 578. The molecule has 114 valence electrons. The van der Waals surface area contributed by atoms with Gasteiger partial charge in [-0.3, -0.25) is 9.78 Å². The number of pyridine rings is 1. The highest BCUT2D eigenvalue weighted by molar-refractivity contribution is 9.24. The van der Waals surface area contributed by atoms with Crippen molar-refractivity contribution in [3.63, 3.8) is 0 Å². The van der Waals surface area contributed by atoms with Crippen LogP contribution in [0.2, 0.25) is 0 Å². The molecule has 21 heavy (non-hydrogen) atoms. The number of anilines is 1. The van der Waals surface area contributed by atoms with E-state index < -0.39 is 0 Å². The summed E-state index contributed by atoms with van der Waals surface area (Å²) in [6, 6.07) is 3.65. The molecule has 0 spiro atoms. The maximum Gasteiger partial charge on any atom is 0.232 e. The van der Waals surface area contributed by atoms with E-state index >= 15 is 0 Å². The summed E-state index contributed by atoms with van der Waals surface area (Å²) < 4.78 is 0.196. The van der Waals surface area contributed by atoms with Crippen molar-refractivity contribution in [1.82, 2.24) is 4.98 Å². The van der Waals surface area contributed by atoms with Crippen molar-refractivity contribution in [3.05, 3.63) is 24.5 Å². The van der Waals surface area contributed by atoms with Crippen molar-refractivity contribution in [2.45, 2.75) is 35.3 Å². The summed E-state index contributed by atoms with van der Waals surface area (Å²) in [5, 5.41) is 3.06. The zero-order valence-corrected chi connectivity index (χ0v) is 16.6. The van der Waals surface area contributed by atoms with Gasteiger partial charge in [0.2, 0.25) is 5.91 Å². The number of halogens is 3. The fraction of sp³-hybridized carbons (Fsp3) is 0.600. The molecule has 3 nitrogen and oxygen atoms in total. The summed E-state index contributed by atoms with van der Waals surface area (Å²) >= 11 is 11.2. The van der Waals surface area contributed by atoms with Crippen LogP contribution in [0.25, 0.3) is 0 Å². The van der Waals surface area contributed by atoms with Crippen LogP contribution in [0.5, 0.6) is 0 Å². The quantitative estimate of drug-likeness (QED) is 0.637. The van der Waals surface area contributed by atoms with Gasteiger partial charge in [0.25, 0.3) is 0 Å². The van der Waals surface area contributed by atoms with E-state index in [0.29, 0.717) is 0 Å². The topological polar surface area (TPSA) is 42.0 Å². The molecular formula is C15H17Br3N2O. The van der Waals surface area contributed by atoms with E-state index in [0.717, 1.165) is 18.5 Å². The average molecular weight is 481 g/mol. The van der Waals surface area contributed by atoms with Crippen LogP contribution in [0, 0.1) is 16.2 Å². The highest BCUT2D eigenvalue weighted by Crippen LogP contribution is 2.82. The SMILES string of the molecule is CC1(C)[C@]2(C(=O)Nc3ccncc3)CC[C@]1(C(Br)Br)[C@H]2Br. The number of aromatic nitrogens is 1. The second-order valence-corrected chi connectivity index (χ2v) is 10.5. The fourth-order valence-corrected chi connectivity index (χ4v) is 9.29. The largest absolute Gasteiger partial charge is 0.325 e. The zero-order valence-electron chi connectivity index (χ0n) is 11.9. The van der Waals surface area contributed by atoms with Gasteiger partial charge in [0.05, 0.1) is 9.15 Å². The van der Waals surface area contributed by atoms with Gasteiger partial charge in [-0.15, -0.1) is 0 Å². The number of alkyl halides is 3. The second kappa shape index (κ2) is 5.03. The average Bonchev–Trinajstić information content (AvgIpc) is 2.89. The number of fused-ring (bicyclic) bond motifs is 1. The Labute approximate surface area is 150 Å². The van der Waals surface area contributed by atoms with E-state index in [1.165, 1.54) is 0 Å². The van der Waals surface area contributed by atoms with Crippen LogP contribution in [-0.4, -0.2) is 19.5 Å². The molecule has 1 heterocycles. The summed E-state index contributed by atoms with van der Waals surface area (Å²) in [5.74, 6) is 0.106. The highest BCUT2D eigenvalue weighted by Gasteiger charge is 2.83. The predicted molar refractivity (Wildman–Crippen MR) is 95.1 cm³/mol.